The molecule has 2 N–H and O–H groups in total. The first-order valence-electron chi connectivity index (χ1n) is 15.2. The van der Waals surface area contributed by atoms with E-state index in [9.17, 15) is 19.2 Å². The molecule has 0 spiro atoms. The summed E-state index contributed by atoms with van der Waals surface area (Å²) in [6.45, 7) is 4.68. The average Bonchev–Trinajstić information content (AvgIpc) is 3.71. The van der Waals surface area contributed by atoms with Crippen LogP contribution in [0.4, 0.5) is 5.82 Å². The lowest BCUT2D eigenvalue weighted by Gasteiger charge is -2.29. The number of pyridine rings is 1. The summed E-state index contributed by atoms with van der Waals surface area (Å²) in [4.78, 5) is 68.3. The van der Waals surface area contributed by atoms with Crippen molar-refractivity contribution in [2.75, 3.05) is 24.5 Å². The Morgan fingerprint density at radius 3 is 2.60 bits per heavy atom. The molecule has 2 atom stereocenters. The number of hydrogen-bond acceptors (Lipinski definition) is 8. The molecule has 0 aliphatic carbocycles. The SMILES string of the molecule is CC(=O)O.O=C1CCC(N2Cc3cc(O[C@H]4CCN(Cc5ccc6nc(N7CCCC7=O)ccc6c5)C4)ccc3C2=O)C(=O)N1. The van der Waals surface area contributed by atoms with E-state index in [0.29, 0.717) is 24.9 Å². The van der Waals surface area contributed by atoms with Gasteiger partial charge in [0.1, 0.15) is 23.7 Å². The molecule has 0 saturated carbocycles. The van der Waals surface area contributed by atoms with Gasteiger partial charge in [0.15, 0.2) is 0 Å². The molecule has 12 heteroatoms. The highest BCUT2D eigenvalue weighted by Gasteiger charge is 2.39. The van der Waals surface area contributed by atoms with Crippen molar-refractivity contribution in [2.24, 2.45) is 0 Å². The van der Waals surface area contributed by atoms with Crippen LogP contribution in [0.25, 0.3) is 10.9 Å². The zero-order valence-corrected chi connectivity index (χ0v) is 25.0. The quantitative estimate of drug-likeness (QED) is 0.400. The van der Waals surface area contributed by atoms with Gasteiger partial charge in [-0.15, -0.1) is 0 Å². The van der Waals surface area contributed by atoms with Gasteiger partial charge in [-0.05, 0) is 72.9 Å². The topological polar surface area (TPSA) is 149 Å². The number of aliphatic carboxylic acids is 1. The minimum absolute atomic E-state index is 0.0408. The molecule has 0 bridgehead atoms. The zero-order valence-electron chi connectivity index (χ0n) is 25.0. The lowest BCUT2D eigenvalue weighted by atomic mass is 10.0. The van der Waals surface area contributed by atoms with E-state index >= 15 is 0 Å². The molecule has 12 nitrogen and oxygen atoms in total. The van der Waals surface area contributed by atoms with E-state index in [1.54, 1.807) is 15.9 Å². The number of benzene rings is 2. The van der Waals surface area contributed by atoms with Crippen LogP contribution in [-0.4, -0.2) is 81.3 Å². The number of aromatic nitrogens is 1. The van der Waals surface area contributed by atoms with Crippen molar-refractivity contribution in [1.29, 1.82) is 0 Å². The van der Waals surface area contributed by atoms with Crippen LogP contribution >= 0.6 is 0 Å². The Bertz CT molecular complexity index is 1690. The van der Waals surface area contributed by atoms with Crippen LogP contribution in [0.15, 0.2) is 48.5 Å². The highest BCUT2D eigenvalue weighted by molar-refractivity contribution is 6.05. The van der Waals surface area contributed by atoms with E-state index in [4.69, 9.17) is 19.6 Å². The van der Waals surface area contributed by atoms with Gasteiger partial charge in [-0.25, -0.2) is 4.98 Å². The fourth-order valence-electron chi connectivity index (χ4n) is 6.42. The van der Waals surface area contributed by atoms with Crippen molar-refractivity contribution in [3.05, 3.63) is 65.2 Å². The van der Waals surface area contributed by atoms with Crippen LogP contribution in [0.1, 0.15) is 60.5 Å². The van der Waals surface area contributed by atoms with Crippen LogP contribution in [0.5, 0.6) is 5.75 Å². The molecular formula is C33H35N5O7. The van der Waals surface area contributed by atoms with Crippen LogP contribution in [0.2, 0.25) is 0 Å². The number of nitrogens with one attached hydrogen (secondary N) is 1. The molecular weight excluding hydrogens is 578 g/mol. The number of carbonyl (C=O) groups is 5. The Labute approximate surface area is 259 Å². The van der Waals surface area contributed by atoms with Gasteiger partial charge in [0.05, 0.1) is 5.52 Å². The molecule has 2 aromatic carbocycles. The Kier molecular flexibility index (Phi) is 8.48. The molecule has 4 amide bonds. The molecule has 234 valence electrons. The maximum absolute atomic E-state index is 13.0. The van der Waals surface area contributed by atoms with Crippen molar-refractivity contribution in [3.63, 3.8) is 0 Å². The minimum Gasteiger partial charge on any atom is -0.489 e. The van der Waals surface area contributed by atoms with Crippen molar-refractivity contribution in [2.45, 2.75) is 64.3 Å². The van der Waals surface area contributed by atoms with E-state index in [1.165, 1.54) is 5.56 Å². The number of carboxylic acid groups (broad SMARTS) is 1. The monoisotopic (exact) mass is 613 g/mol. The fraction of sp³-hybridized carbons (Fsp3) is 0.394. The molecule has 3 fully saturated rings. The summed E-state index contributed by atoms with van der Waals surface area (Å²) < 4.78 is 6.32. The van der Waals surface area contributed by atoms with E-state index in [0.717, 1.165) is 74.0 Å². The Morgan fingerprint density at radius 2 is 1.84 bits per heavy atom. The number of nitrogens with zero attached hydrogens (tertiary/aromatic N) is 4. The maximum atomic E-state index is 13.0. The van der Waals surface area contributed by atoms with E-state index in [2.05, 4.69) is 22.3 Å². The van der Waals surface area contributed by atoms with Crippen LogP contribution in [-0.2, 0) is 32.3 Å². The fourth-order valence-corrected chi connectivity index (χ4v) is 6.42. The van der Waals surface area contributed by atoms with Gasteiger partial charge in [0.2, 0.25) is 17.7 Å². The van der Waals surface area contributed by atoms with Crippen molar-refractivity contribution in [3.8, 4) is 5.75 Å². The van der Waals surface area contributed by atoms with E-state index < -0.39 is 17.9 Å². The third-order valence-corrected chi connectivity index (χ3v) is 8.52. The van der Waals surface area contributed by atoms with Crippen molar-refractivity contribution in [1.82, 2.24) is 20.1 Å². The largest absolute Gasteiger partial charge is 0.489 e. The summed E-state index contributed by atoms with van der Waals surface area (Å²) in [7, 11) is 0. The van der Waals surface area contributed by atoms with E-state index in [1.807, 2.05) is 30.3 Å². The molecule has 5 heterocycles. The first-order valence-corrected chi connectivity index (χ1v) is 15.2. The predicted octanol–water partition coefficient (Wildman–Crippen LogP) is 2.87. The van der Waals surface area contributed by atoms with Crippen molar-refractivity contribution < 1.29 is 33.8 Å². The molecule has 3 saturated heterocycles. The minimum atomic E-state index is -0.833. The highest BCUT2D eigenvalue weighted by atomic mass is 16.5. The van der Waals surface area contributed by atoms with Crippen LogP contribution in [0, 0.1) is 0 Å². The number of carbonyl (C=O) groups excluding carboxylic acids is 4. The smallest absolute Gasteiger partial charge is 0.300 e. The molecule has 7 rings (SSSR count). The maximum Gasteiger partial charge on any atom is 0.300 e. The standard InChI is InChI=1S/C31H31N5O5.C2H4O2/c37-28-10-8-26(30(39)33-28)36-17-21-15-22(5-6-24(21)31(36)40)41-23-11-13-34(18-23)16-19-3-7-25-20(14-19)4-9-27(32-25)35-12-1-2-29(35)38;1-2(3)4/h3-7,9,14-15,23,26H,1-2,8,10-13,16-18H2,(H,33,37,39);1H3,(H,3,4)/t23-,26?;/m0./s1. The predicted molar refractivity (Wildman–Crippen MR) is 163 cm³/mol. The number of anilines is 1. The normalized spacial score (nSPS) is 21.5. The summed E-state index contributed by atoms with van der Waals surface area (Å²) in [6, 6.07) is 15.2. The number of imide groups is 1. The summed E-state index contributed by atoms with van der Waals surface area (Å²) in [5.74, 6) is -0.124. The molecule has 4 aliphatic heterocycles. The summed E-state index contributed by atoms with van der Waals surface area (Å²) >= 11 is 0. The number of likely N-dealkylation sites (tertiary alicyclic amines) is 1. The molecule has 0 radical (unpaired) electrons. The van der Waals surface area contributed by atoms with Gasteiger partial charge >= 0.3 is 0 Å². The molecule has 45 heavy (non-hydrogen) atoms. The lowest BCUT2D eigenvalue weighted by molar-refractivity contribution is -0.137. The first-order chi connectivity index (χ1) is 21.6. The van der Waals surface area contributed by atoms with Crippen LogP contribution in [0.3, 0.4) is 0 Å². The first kappa shape index (κ1) is 30.2. The van der Waals surface area contributed by atoms with E-state index in [-0.39, 0.29) is 30.2 Å². The van der Waals surface area contributed by atoms with Gasteiger partial charge in [0.25, 0.3) is 11.9 Å². The molecule has 4 aliphatic rings. The van der Waals surface area contributed by atoms with Gasteiger partial charge in [-0.3, -0.25) is 39.1 Å². The Balaban J connectivity index is 0.000000845. The number of piperidine rings is 1. The summed E-state index contributed by atoms with van der Waals surface area (Å²) in [6.07, 6.45) is 3.00. The Hall–Kier alpha value is -4.84. The third kappa shape index (κ3) is 6.65. The number of ether oxygens (including phenoxy) is 1. The second kappa shape index (κ2) is 12.6. The molecule has 3 aromatic rings. The van der Waals surface area contributed by atoms with Gasteiger partial charge in [-0.1, -0.05) is 6.07 Å². The number of hydrogen-bond donors (Lipinski definition) is 2. The van der Waals surface area contributed by atoms with Gasteiger partial charge in [-0.2, -0.15) is 0 Å². The second-order valence-electron chi connectivity index (χ2n) is 11.8. The Morgan fingerprint density at radius 1 is 1.02 bits per heavy atom. The lowest BCUT2D eigenvalue weighted by Crippen LogP contribution is -2.52. The second-order valence-corrected chi connectivity index (χ2v) is 11.8. The molecule has 1 unspecified atom stereocenters. The molecule has 1 aromatic heterocycles. The number of fused-ring (bicyclic) bond motifs is 2. The number of carboxylic acids is 1. The summed E-state index contributed by atoms with van der Waals surface area (Å²) in [5, 5.41) is 10.8. The zero-order chi connectivity index (χ0) is 31.7. The number of rotatable bonds is 6. The average molecular weight is 614 g/mol. The van der Waals surface area contributed by atoms with Gasteiger partial charge < -0.3 is 14.7 Å². The van der Waals surface area contributed by atoms with Crippen LogP contribution < -0.4 is 15.0 Å². The van der Waals surface area contributed by atoms with Gasteiger partial charge in [0, 0.05) is 63.4 Å². The highest BCUT2D eigenvalue weighted by Crippen LogP contribution is 2.31. The number of amides is 4. The van der Waals surface area contributed by atoms with Crippen molar-refractivity contribution >= 4 is 46.3 Å². The summed E-state index contributed by atoms with van der Waals surface area (Å²) in [5.41, 5.74) is 3.52. The third-order valence-electron chi connectivity index (χ3n) is 8.52.